The highest BCUT2D eigenvalue weighted by Gasteiger charge is 2.17. The fourth-order valence-corrected chi connectivity index (χ4v) is 3.50. The second kappa shape index (κ2) is 12.1. The van der Waals surface area contributed by atoms with Gasteiger partial charge in [-0.15, -0.1) is 0 Å². The third-order valence-electron chi connectivity index (χ3n) is 5.16. The van der Waals surface area contributed by atoms with Crippen LogP contribution in [0.3, 0.4) is 0 Å². The lowest BCUT2D eigenvalue weighted by Crippen LogP contribution is -2.28. The van der Waals surface area contributed by atoms with E-state index in [1.165, 1.54) is 6.08 Å². The normalized spacial score (nSPS) is 11.9. The van der Waals surface area contributed by atoms with E-state index in [0.29, 0.717) is 17.9 Å². The van der Waals surface area contributed by atoms with E-state index in [9.17, 15) is 9.59 Å². The molecular formula is C28H27NO5. The zero-order valence-electron chi connectivity index (χ0n) is 19.1. The van der Waals surface area contributed by atoms with Crippen molar-refractivity contribution in [1.82, 2.24) is 5.32 Å². The minimum atomic E-state index is -1.01. The number of nitrogens with one attached hydrogen (secondary N) is 1. The summed E-state index contributed by atoms with van der Waals surface area (Å²) >= 11 is 0. The van der Waals surface area contributed by atoms with Crippen LogP contribution < -0.4 is 14.8 Å². The number of benzene rings is 3. The third kappa shape index (κ3) is 7.10. The summed E-state index contributed by atoms with van der Waals surface area (Å²) in [5.41, 5.74) is 3.49. The van der Waals surface area contributed by atoms with Crippen LogP contribution >= 0.6 is 0 Å². The SMILES string of the molecule is COc1ccc(C(Cc2cccc(C=CC(=O)O)c2)NC(=O)C=Cc2ccccc2)cc1OC. The van der Waals surface area contributed by atoms with Gasteiger partial charge in [0.1, 0.15) is 0 Å². The zero-order valence-corrected chi connectivity index (χ0v) is 19.1. The van der Waals surface area contributed by atoms with Crippen LogP contribution in [-0.4, -0.2) is 31.2 Å². The second-order valence-corrected chi connectivity index (χ2v) is 7.54. The molecule has 0 aromatic heterocycles. The monoisotopic (exact) mass is 457 g/mol. The van der Waals surface area contributed by atoms with Crippen molar-refractivity contribution in [2.24, 2.45) is 0 Å². The molecule has 0 heterocycles. The van der Waals surface area contributed by atoms with E-state index in [0.717, 1.165) is 28.3 Å². The van der Waals surface area contributed by atoms with Crippen LogP contribution in [0.15, 0.2) is 84.9 Å². The van der Waals surface area contributed by atoms with E-state index >= 15 is 0 Å². The number of amides is 1. The van der Waals surface area contributed by atoms with Crippen LogP contribution in [0.2, 0.25) is 0 Å². The molecule has 0 bridgehead atoms. The van der Waals surface area contributed by atoms with Gasteiger partial charge in [0.25, 0.3) is 0 Å². The summed E-state index contributed by atoms with van der Waals surface area (Å²) < 4.78 is 10.8. The smallest absolute Gasteiger partial charge is 0.328 e. The number of hydrogen-bond acceptors (Lipinski definition) is 4. The van der Waals surface area contributed by atoms with Gasteiger partial charge in [0.15, 0.2) is 11.5 Å². The van der Waals surface area contributed by atoms with E-state index in [1.54, 1.807) is 32.4 Å². The first-order chi connectivity index (χ1) is 16.5. The fourth-order valence-electron chi connectivity index (χ4n) is 3.50. The van der Waals surface area contributed by atoms with Crippen LogP contribution in [0, 0.1) is 0 Å². The molecule has 1 atom stereocenters. The van der Waals surface area contributed by atoms with Gasteiger partial charge in [-0.25, -0.2) is 4.79 Å². The van der Waals surface area contributed by atoms with Gasteiger partial charge in [-0.1, -0.05) is 60.7 Å². The molecule has 174 valence electrons. The Hall–Kier alpha value is -4.32. The van der Waals surface area contributed by atoms with E-state index in [2.05, 4.69) is 5.32 Å². The molecule has 0 aliphatic heterocycles. The second-order valence-electron chi connectivity index (χ2n) is 7.54. The number of carboxylic acids is 1. The lowest BCUT2D eigenvalue weighted by atomic mass is 9.97. The molecule has 0 spiro atoms. The Labute approximate surface area is 199 Å². The topological polar surface area (TPSA) is 84.9 Å². The first-order valence-electron chi connectivity index (χ1n) is 10.7. The predicted molar refractivity (Wildman–Crippen MR) is 133 cm³/mol. The molecule has 0 saturated carbocycles. The van der Waals surface area contributed by atoms with Gasteiger partial charge >= 0.3 is 5.97 Å². The number of aliphatic carboxylic acids is 1. The Bertz CT molecular complexity index is 1180. The highest BCUT2D eigenvalue weighted by molar-refractivity contribution is 5.92. The Morgan fingerprint density at radius 1 is 0.853 bits per heavy atom. The molecule has 1 unspecified atom stereocenters. The van der Waals surface area contributed by atoms with Gasteiger partial charge in [-0.3, -0.25) is 4.79 Å². The first-order valence-corrected chi connectivity index (χ1v) is 10.7. The van der Waals surface area contributed by atoms with E-state index < -0.39 is 5.97 Å². The number of methoxy groups -OCH3 is 2. The van der Waals surface area contributed by atoms with Gasteiger partial charge in [0.2, 0.25) is 5.91 Å². The lowest BCUT2D eigenvalue weighted by Gasteiger charge is -2.20. The molecule has 0 aliphatic carbocycles. The fraction of sp³-hybridized carbons (Fsp3) is 0.143. The number of hydrogen-bond donors (Lipinski definition) is 2. The van der Waals surface area contributed by atoms with Crippen molar-refractivity contribution in [2.75, 3.05) is 14.2 Å². The Balaban J connectivity index is 1.87. The Kier molecular flexibility index (Phi) is 8.63. The number of carboxylic acid groups (broad SMARTS) is 1. The number of rotatable bonds is 10. The number of carbonyl (C=O) groups is 2. The largest absolute Gasteiger partial charge is 0.493 e. The van der Waals surface area contributed by atoms with Crippen LogP contribution in [0.5, 0.6) is 11.5 Å². The quantitative estimate of drug-likeness (QED) is 0.423. The summed E-state index contributed by atoms with van der Waals surface area (Å²) in [7, 11) is 3.14. The maximum atomic E-state index is 12.8. The maximum absolute atomic E-state index is 12.8. The first kappa shape index (κ1) is 24.3. The number of ether oxygens (including phenoxy) is 2. The van der Waals surface area contributed by atoms with Crippen LogP contribution in [0.4, 0.5) is 0 Å². The predicted octanol–water partition coefficient (Wildman–Crippen LogP) is 4.92. The molecule has 0 aliphatic rings. The summed E-state index contributed by atoms with van der Waals surface area (Å²) in [5, 5.41) is 12.0. The van der Waals surface area contributed by atoms with Gasteiger partial charge in [0.05, 0.1) is 20.3 Å². The van der Waals surface area contributed by atoms with Gasteiger partial charge in [-0.2, -0.15) is 0 Å². The van der Waals surface area contributed by atoms with Gasteiger partial charge in [-0.05, 0) is 53.0 Å². The van der Waals surface area contributed by atoms with Crippen LogP contribution in [0.1, 0.15) is 28.3 Å². The van der Waals surface area contributed by atoms with Crippen LogP contribution in [-0.2, 0) is 16.0 Å². The molecule has 6 nitrogen and oxygen atoms in total. The Morgan fingerprint density at radius 3 is 2.26 bits per heavy atom. The van der Waals surface area contributed by atoms with Crippen molar-refractivity contribution in [1.29, 1.82) is 0 Å². The molecule has 3 aromatic carbocycles. The summed E-state index contributed by atoms with van der Waals surface area (Å²) in [6, 6.07) is 22.3. The van der Waals surface area contributed by atoms with Crippen molar-refractivity contribution in [3.63, 3.8) is 0 Å². The minimum absolute atomic E-state index is 0.231. The minimum Gasteiger partial charge on any atom is -0.493 e. The van der Waals surface area contributed by atoms with Gasteiger partial charge < -0.3 is 19.9 Å². The molecule has 6 heteroatoms. The van der Waals surface area contributed by atoms with E-state index in [1.807, 2.05) is 66.7 Å². The molecule has 34 heavy (non-hydrogen) atoms. The molecule has 0 saturated heterocycles. The molecule has 1 amide bonds. The van der Waals surface area contributed by atoms with Gasteiger partial charge in [0, 0.05) is 12.2 Å². The average molecular weight is 458 g/mol. The molecular weight excluding hydrogens is 430 g/mol. The number of carbonyl (C=O) groups excluding carboxylic acids is 1. The zero-order chi connectivity index (χ0) is 24.3. The molecule has 0 fully saturated rings. The molecule has 0 radical (unpaired) electrons. The van der Waals surface area contributed by atoms with E-state index in [4.69, 9.17) is 14.6 Å². The van der Waals surface area contributed by atoms with Crippen molar-refractivity contribution < 1.29 is 24.2 Å². The molecule has 3 rings (SSSR count). The molecule has 2 N–H and O–H groups in total. The van der Waals surface area contributed by atoms with Crippen molar-refractivity contribution in [3.8, 4) is 11.5 Å². The lowest BCUT2D eigenvalue weighted by molar-refractivity contribution is -0.131. The highest BCUT2D eigenvalue weighted by atomic mass is 16.5. The summed E-state index contributed by atoms with van der Waals surface area (Å²) in [5.74, 6) is -0.0741. The third-order valence-corrected chi connectivity index (χ3v) is 5.16. The maximum Gasteiger partial charge on any atom is 0.328 e. The van der Waals surface area contributed by atoms with E-state index in [-0.39, 0.29) is 11.9 Å². The highest BCUT2D eigenvalue weighted by Crippen LogP contribution is 2.31. The van der Waals surface area contributed by atoms with Crippen molar-refractivity contribution in [3.05, 3.63) is 107 Å². The standard InChI is InChI=1S/C28H27NO5/c1-33-25-14-13-23(19-26(25)34-2)24(29-27(30)15-11-20-7-4-3-5-8-20)18-22-10-6-9-21(17-22)12-16-28(31)32/h3-17,19,24H,18H2,1-2H3,(H,29,30)(H,31,32). The van der Waals surface area contributed by atoms with Crippen LogP contribution in [0.25, 0.3) is 12.2 Å². The van der Waals surface area contributed by atoms with Crippen molar-refractivity contribution in [2.45, 2.75) is 12.5 Å². The summed E-state index contributed by atoms with van der Waals surface area (Å²) in [6.07, 6.45) is 6.40. The average Bonchev–Trinajstić information content (AvgIpc) is 2.86. The molecule has 3 aromatic rings. The van der Waals surface area contributed by atoms with Crippen molar-refractivity contribution >= 4 is 24.0 Å². The Morgan fingerprint density at radius 2 is 1.56 bits per heavy atom. The summed E-state index contributed by atoms with van der Waals surface area (Å²) in [4.78, 5) is 23.6. The summed E-state index contributed by atoms with van der Waals surface area (Å²) in [6.45, 7) is 0.